The number of carbonyl (C=O) groups excluding carboxylic acids is 1. The SMILES string of the molecule is NC(=O)C1CCN1Cc1cnc(N)s1. The summed E-state index contributed by atoms with van der Waals surface area (Å²) >= 11 is 1.45. The van der Waals surface area contributed by atoms with Crippen molar-refractivity contribution in [3.63, 3.8) is 0 Å². The average molecular weight is 212 g/mol. The molecule has 0 aliphatic carbocycles. The predicted octanol–water partition coefficient (Wildman–Crippen LogP) is -0.215. The quantitative estimate of drug-likeness (QED) is 0.725. The Morgan fingerprint density at radius 3 is 3.00 bits per heavy atom. The molecule has 0 bridgehead atoms. The minimum atomic E-state index is -0.242. The van der Waals surface area contributed by atoms with E-state index in [9.17, 15) is 4.79 Å². The van der Waals surface area contributed by atoms with Crippen LogP contribution in [-0.2, 0) is 11.3 Å². The van der Waals surface area contributed by atoms with Gasteiger partial charge in [0.15, 0.2) is 5.13 Å². The number of likely N-dealkylation sites (tertiary alicyclic amines) is 1. The lowest BCUT2D eigenvalue weighted by Crippen LogP contribution is -2.54. The lowest BCUT2D eigenvalue weighted by atomic mass is 10.0. The number of anilines is 1. The number of nitrogen functional groups attached to an aromatic ring is 1. The van der Waals surface area contributed by atoms with Gasteiger partial charge in [-0.15, -0.1) is 11.3 Å². The van der Waals surface area contributed by atoms with E-state index in [1.165, 1.54) is 11.3 Å². The van der Waals surface area contributed by atoms with Gasteiger partial charge in [0.25, 0.3) is 0 Å². The van der Waals surface area contributed by atoms with Gasteiger partial charge in [-0.1, -0.05) is 0 Å². The van der Waals surface area contributed by atoms with E-state index >= 15 is 0 Å². The molecule has 1 aromatic heterocycles. The molecule has 76 valence electrons. The summed E-state index contributed by atoms with van der Waals surface area (Å²) in [6.45, 7) is 1.65. The van der Waals surface area contributed by atoms with E-state index in [2.05, 4.69) is 4.98 Å². The smallest absolute Gasteiger partial charge is 0.234 e. The van der Waals surface area contributed by atoms with Crippen LogP contribution >= 0.6 is 11.3 Å². The van der Waals surface area contributed by atoms with Gasteiger partial charge in [-0.2, -0.15) is 0 Å². The summed E-state index contributed by atoms with van der Waals surface area (Å²) in [7, 11) is 0. The first-order valence-corrected chi connectivity index (χ1v) is 5.22. The van der Waals surface area contributed by atoms with Crippen LogP contribution in [0.5, 0.6) is 0 Å². The van der Waals surface area contributed by atoms with Crippen molar-refractivity contribution in [2.75, 3.05) is 12.3 Å². The van der Waals surface area contributed by atoms with Crippen molar-refractivity contribution in [1.29, 1.82) is 0 Å². The lowest BCUT2D eigenvalue weighted by molar-refractivity contribution is -0.127. The van der Waals surface area contributed by atoms with E-state index in [0.29, 0.717) is 5.13 Å². The summed E-state index contributed by atoms with van der Waals surface area (Å²) < 4.78 is 0. The van der Waals surface area contributed by atoms with Crippen LogP contribution in [-0.4, -0.2) is 28.4 Å². The van der Waals surface area contributed by atoms with Crippen molar-refractivity contribution in [3.05, 3.63) is 11.1 Å². The zero-order valence-corrected chi connectivity index (χ0v) is 8.46. The fourth-order valence-corrected chi connectivity index (χ4v) is 2.26. The predicted molar refractivity (Wildman–Crippen MR) is 54.5 cm³/mol. The van der Waals surface area contributed by atoms with E-state index < -0.39 is 0 Å². The summed E-state index contributed by atoms with van der Waals surface area (Å²) in [4.78, 5) is 18.0. The fourth-order valence-electron chi connectivity index (χ4n) is 1.55. The molecule has 0 radical (unpaired) electrons. The van der Waals surface area contributed by atoms with Gasteiger partial charge in [-0.3, -0.25) is 9.69 Å². The molecule has 6 heteroatoms. The number of aromatic nitrogens is 1. The molecule has 2 heterocycles. The van der Waals surface area contributed by atoms with Gasteiger partial charge >= 0.3 is 0 Å². The van der Waals surface area contributed by atoms with Crippen molar-refractivity contribution >= 4 is 22.4 Å². The van der Waals surface area contributed by atoms with Crippen molar-refractivity contribution in [1.82, 2.24) is 9.88 Å². The second-order valence-corrected chi connectivity index (χ2v) is 4.49. The molecule has 1 saturated heterocycles. The number of thiazole rings is 1. The van der Waals surface area contributed by atoms with Gasteiger partial charge in [-0.05, 0) is 6.42 Å². The highest BCUT2D eigenvalue weighted by atomic mass is 32.1. The zero-order valence-electron chi connectivity index (χ0n) is 7.64. The topological polar surface area (TPSA) is 85.2 Å². The Labute approximate surface area is 85.7 Å². The highest BCUT2D eigenvalue weighted by Gasteiger charge is 2.32. The van der Waals surface area contributed by atoms with Crippen LogP contribution in [0.3, 0.4) is 0 Å². The first-order valence-electron chi connectivity index (χ1n) is 4.40. The molecule has 1 amide bonds. The van der Waals surface area contributed by atoms with Crippen molar-refractivity contribution in [2.45, 2.75) is 19.0 Å². The van der Waals surface area contributed by atoms with Gasteiger partial charge in [0, 0.05) is 24.2 Å². The molecular weight excluding hydrogens is 200 g/mol. The van der Waals surface area contributed by atoms with Crippen molar-refractivity contribution in [3.8, 4) is 0 Å². The molecular formula is C8H12N4OS. The fraction of sp³-hybridized carbons (Fsp3) is 0.500. The number of hydrogen-bond donors (Lipinski definition) is 2. The maximum Gasteiger partial charge on any atom is 0.234 e. The van der Waals surface area contributed by atoms with Crippen LogP contribution in [0.2, 0.25) is 0 Å². The Bertz CT molecular complexity index is 351. The van der Waals surface area contributed by atoms with Crippen LogP contribution in [0.15, 0.2) is 6.20 Å². The van der Waals surface area contributed by atoms with Gasteiger partial charge < -0.3 is 11.5 Å². The second kappa shape index (κ2) is 3.55. The third kappa shape index (κ3) is 1.71. The van der Waals surface area contributed by atoms with Gasteiger partial charge in [0.2, 0.25) is 5.91 Å². The molecule has 2 rings (SSSR count). The Morgan fingerprint density at radius 2 is 2.57 bits per heavy atom. The largest absolute Gasteiger partial charge is 0.375 e. The molecule has 1 aromatic rings. The number of nitrogens with two attached hydrogens (primary N) is 2. The zero-order chi connectivity index (χ0) is 10.1. The number of primary amides is 1. The monoisotopic (exact) mass is 212 g/mol. The molecule has 5 nitrogen and oxygen atoms in total. The normalized spacial score (nSPS) is 21.9. The Hall–Kier alpha value is -1.14. The summed E-state index contributed by atoms with van der Waals surface area (Å²) in [5.41, 5.74) is 10.7. The Balaban J connectivity index is 1.95. The Kier molecular flexibility index (Phi) is 2.39. The van der Waals surface area contributed by atoms with Gasteiger partial charge in [0.05, 0.1) is 6.04 Å². The minimum absolute atomic E-state index is 0.0988. The number of amides is 1. The maximum atomic E-state index is 10.9. The standard InChI is InChI=1S/C8H12N4OS/c9-7(13)6-1-2-12(6)4-5-3-11-8(10)14-5/h3,6H,1-2,4H2,(H2,9,13)(H2,10,11). The molecule has 4 N–H and O–H groups in total. The van der Waals surface area contributed by atoms with Crippen LogP contribution < -0.4 is 11.5 Å². The molecule has 0 aromatic carbocycles. The highest BCUT2D eigenvalue weighted by Crippen LogP contribution is 2.23. The summed E-state index contributed by atoms with van der Waals surface area (Å²) in [6, 6.07) is -0.0988. The lowest BCUT2D eigenvalue weighted by Gasteiger charge is -2.38. The van der Waals surface area contributed by atoms with Crippen molar-refractivity contribution < 1.29 is 4.79 Å². The number of rotatable bonds is 3. The van der Waals surface area contributed by atoms with E-state index in [1.54, 1.807) is 6.20 Å². The Morgan fingerprint density at radius 1 is 1.79 bits per heavy atom. The molecule has 0 saturated carbocycles. The van der Waals surface area contributed by atoms with E-state index in [0.717, 1.165) is 24.4 Å². The van der Waals surface area contributed by atoms with E-state index in [1.807, 2.05) is 4.90 Å². The molecule has 1 atom stereocenters. The highest BCUT2D eigenvalue weighted by molar-refractivity contribution is 7.15. The molecule has 1 fully saturated rings. The van der Waals surface area contributed by atoms with E-state index in [4.69, 9.17) is 11.5 Å². The average Bonchev–Trinajstić information content (AvgIpc) is 2.44. The first-order chi connectivity index (χ1) is 6.66. The maximum absolute atomic E-state index is 10.9. The summed E-state index contributed by atoms with van der Waals surface area (Å²) in [5, 5.41) is 0.566. The number of hydrogen-bond acceptors (Lipinski definition) is 5. The second-order valence-electron chi connectivity index (χ2n) is 3.34. The number of nitrogens with zero attached hydrogens (tertiary/aromatic N) is 2. The van der Waals surface area contributed by atoms with Gasteiger partial charge in [-0.25, -0.2) is 4.98 Å². The minimum Gasteiger partial charge on any atom is -0.375 e. The molecule has 1 unspecified atom stereocenters. The summed E-state index contributed by atoms with van der Waals surface area (Å²) in [5.74, 6) is -0.242. The molecule has 14 heavy (non-hydrogen) atoms. The van der Waals surface area contributed by atoms with Crippen LogP contribution in [0.25, 0.3) is 0 Å². The molecule has 1 aliphatic rings. The van der Waals surface area contributed by atoms with E-state index in [-0.39, 0.29) is 11.9 Å². The first kappa shape index (κ1) is 9.42. The van der Waals surface area contributed by atoms with Crippen LogP contribution in [0.4, 0.5) is 5.13 Å². The van der Waals surface area contributed by atoms with Gasteiger partial charge in [0.1, 0.15) is 0 Å². The number of carbonyl (C=O) groups is 1. The molecule has 0 spiro atoms. The van der Waals surface area contributed by atoms with Crippen LogP contribution in [0.1, 0.15) is 11.3 Å². The summed E-state index contributed by atoms with van der Waals surface area (Å²) in [6.07, 6.45) is 2.61. The van der Waals surface area contributed by atoms with Crippen LogP contribution in [0, 0.1) is 0 Å². The third-order valence-electron chi connectivity index (χ3n) is 2.39. The molecule has 1 aliphatic heterocycles. The van der Waals surface area contributed by atoms with Crippen molar-refractivity contribution in [2.24, 2.45) is 5.73 Å². The third-order valence-corrected chi connectivity index (χ3v) is 3.20.